The van der Waals surface area contributed by atoms with Crippen molar-refractivity contribution in [2.75, 3.05) is 20.6 Å². The van der Waals surface area contributed by atoms with Crippen LogP contribution >= 0.6 is 0 Å². The Bertz CT molecular complexity index is 1230. The normalized spacial score (nSPS) is 28.2. The largest absolute Gasteiger partial charge is 0.508 e. The van der Waals surface area contributed by atoms with Gasteiger partial charge in [0.2, 0.25) is 5.78 Å². The first-order chi connectivity index (χ1) is 17.4. The number of amides is 1. The van der Waals surface area contributed by atoms with Gasteiger partial charge in [0.1, 0.15) is 22.8 Å². The molecule has 7 N–H and O–H groups in total. The van der Waals surface area contributed by atoms with Crippen LogP contribution in [0.5, 0.6) is 5.75 Å². The minimum atomic E-state index is -2.63. The molecule has 1 aromatic rings. The lowest BCUT2D eigenvalue weighted by Gasteiger charge is -2.50. The summed E-state index contributed by atoms with van der Waals surface area (Å²) < 4.78 is 0. The van der Waals surface area contributed by atoms with E-state index in [4.69, 9.17) is 5.73 Å². The quantitative estimate of drug-likeness (QED) is 0.292. The third-order valence-corrected chi connectivity index (χ3v) is 8.21. The van der Waals surface area contributed by atoms with Gasteiger partial charge in [0.25, 0.3) is 5.91 Å². The fraction of sp³-hybridized carbons (Fsp3) is 0.519. The van der Waals surface area contributed by atoms with Gasteiger partial charge in [-0.15, -0.1) is 0 Å². The lowest BCUT2D eigenvalue weighted by Crippen LogP contribution is -2.65. The van der Waals surface area contributed by atoms with Crippen LogP contribution in [0.3, 0.4) is 0 Å². The number of aliphatic hydroxyl groups is 3. The minimum Gasteiger partial charge on any atom is -0.508 e. The third-order valence-electron chi connectivity index (χ3n) is 8.21. The number of rotatable bonds is 7. The van der Waals surface area contributed by atoms with Gasteiger partial charge in [0.05, 0.1) is 11.6 Å². The molecule has 0 radical (unpaired) electrons. The van der Waals surface area contributed by atoms with E-state index in [0.717, 1.165) is 18.5 Å². The molecule has 0 saturated heterocycles. The van der Waals surface area contributed by atoms with Crippen molar-refractivity contribution >= 4 is 23.2 Å². The van der Waals surface area contributed by atoms with Crippen molar-refractivity contribution in [1.82, 2.24) is 10.2 Å². The lowest BCUT2D eigenvalue weighted by molar-refractivity contribution is -0.153. The van der Waals surface area contributed by atoms with Crippen molar-refractivity contribution in [2.45, 2.75) is 51.3 Å². The van der Waals surface area contributed by atoms with Crippen LogP contribution in [0.15, 0.2) is 29.0 Å². The lowest BCUT2D eigenvalue weighted by atomic mass is 9.57. The topological polar surface area (TPSA) is 173 Å². The van der Waals surface area contributed by atoms with E-state index < -0.39 is 58.0 Å². The zero-order valence-corrected chi connectivity index (χ0v) is 21.5. The number of hydrogen-bond acceptors (Lipinski definition) is 9. The number of hydrogen-bond donors (Lipinski definition) is 6. The van der Waals surface area contributed by atoms with Gasteiger partial charge >= 0.3 is 0 Å². The standard InChI is InChI=1S/C27H35N3O7/c1-5-12(2)10-29-11-13-6-7-17(31)19-15(13)8-14-9-16-21(30(3)4)23(33)20(26(28)36)25(35)27(16,37)24(34)18(14)22(19)32/h6-7,12,14,16,21,29,31-32,35,37H,5,8-11H2,1-4H3,(H2,28,36)/t12?,14-,16-,21+,27-/m0/s1. The summed E-state index contributed by atoms with van der Waals surface area (Å²) in [5, 5.41) is 47.8. The molecule has 0 aliphatic heterocycles. The number of Topliss-reactive ketones (excluding diaryl/α,β-unsaturated/α-hetero) is 2. The SMILES string of the molecule is CCC(C)CNCc1ccc(O)c2c1C[C@H]1C[C@H]3[C@@H](N(C)C)C(=O)C(C(N)=O)=C(O)[C@@]3(O)C(=O)C1=C2O. The molecule has 3 aliphatic rings. The average Bonchev–Trinajstić information content (AvgIpc) is 2.82. The molecule has 1 saturated carbocycles. The molecular weight excluding hydrogens is 478 g/mol. The summed E-state index contributed by atoms with van der Waals surface area (Å²) in [4.78, 5) is 40.5. The van der Waals surface area contributed by atoms with E-state index in [1.807, 2.05) is 0 Å². The van der Waals surface area contributed by atoms with Crippen LogP contribution in [0.25, 0.3) is 5.76 Å². The second-order valence-electron chi connectivity index (χ2n) is 10.7. The number of carbonyl (C=O) groups is 3. The van der Waals surface area contributed by atoms with Crippen molar-refractivity contribution < 1.29 is 34.8 Å². The van der Waals surface area contributed by atoms with E-state index in [1.165, 1.54) is 11.0 Å². The molecule has 1 unspecified atom stereocenters. The van der Waals surface area contributed by atoms with E-state index in [2.05, 4.69) is 19.2 Å². The summed E-state index contributed by atoms with van der Waals surface area (Å²) in [6.45, 7) is 5.52. The predicted octanol–water partition coefficient (Wildman–Crippen LogP) is 1.10. The number of likely N-dealkylation sites (N-methyl/N-ethyl adjacent to an activating group) is 1. The van der Waals surface area contributed by atoms with Crippen molar-refractivity contribution in [3.8, 4) is 5.75 Å². The number of carbonyl (C=O) groups excluding carboxylic acids is 3. The molecule has 1 amide bonds. The second kappa shape index (κ2) is 9.59. The van der Waals surface area contributed by atoms with E-state index >= 15 is 0 Å². The van der Waals surface area contributed by atoms with Crippen LogP contribution in [-0.4, -0.2) is 75.1 Å². The van der Waals surface area contributed by atoms with Gasteiger partial charge in [-0.2, -0.15) is 0 Å². The molecule has 5 atom stereocenters. The number of ketones is 2. The molecule has 1 fully saturated rings. The molecule has 10 nitrogen and oxygen atoms in total. The number of benzene rings is 1. The smallest absolute Gasteiger partial charge is 0.255 e. The van der Waals surface area contributed by atoms with E-state index in [1.54, 1.807) is 20.2 Å². The first-order valence-electron chi connectivity index (χ1n) is 12.5. The Morgan fingerprint density at radius 3 is 2.51 bits per heavy atom. The Balaban J connectivity index is 1.84. The maximum absolute atomic E-state index is 13.8. The van der Waals surface area contributed by atoms with Crippen molar-refractivity contribution in [3.05, 3.63) is 45.7 Å². The molecule has 0 spiro atoms. The number of phenolic OH excluding ortho intramolecular Hbond substituents is 1. The molecule has 200 valence electrons. The van der Waals surface area contributed by atoms with Crippen LogP contribution in [0.1, 0.15) is 43.4 Å². The second-order valence-corrected chi connectivity index (χ2v) is 10.7. The number of fused-ring (bicyclic) bond motifs is 3. The van der Waals surface area contributed by atoms with E-state index in [-0.39, 0.29) is 29.7 Å². The average molecular weight is 514 g/mol. The first kappa shape index (κ1) is 26.8. The van der Waals surface area contributed by atoms with Gasteiger partial charge < -0.3 is 31.5 Å². The van der Waals surface area contributed by atoms with E-state index in [0.29, 0.717) is 18.0 Å². The number of phenols is 1. The zero-order valence-electron chi connectivity index (χ0n) is 21.5. The Morgan fingerprint density at radius 1 is 1.24 bits per heavy atom. The highest BCUT2D eigenvalue weighted by molar-refractivity contribution is 6.24. The Kier molecular flexibility index (Phi) is 6.96. The Hall–Kier alpha value is -3.21. The van der Waals surface area contributed by atoms with Crippen molar-refractivity contribution in [2.24, 2.45) is 23.5 Å². The van der Waals surface area contributed by atoms with Crippen LogP contribution in [0, 0.1) is 17.8 Å². The maximum Gasteiger partial charge on any atom is 0.255 e. The molecule has 4 rings (SSSR count). The summed E-state index contributed by atoms with van der Waals surface area (Å²) in [5.41, 5.74) is 3.40. The van der Waals surface area contributed by atoms with E-state index in [9.17, 15) is 34.8 Å². The molecule has 0 heterocycles. The molecule has 37 heavy (non-hydrogen) atoms. The maximum atomic E-state index is 13.8. The monoisotopic (exact) mass is 513 g/mol. The van der Waals surface area contributed by atoms with Gasteiger partial charge in [-0.25, -0.2) is 0 Å². The van der Waals surface area contributed by atoms with Crippen molar-refractivity contribution in [1.29, 1.82) is 0 Å². The van der Waals surface area contributed by atoms with Crippen LogP contribution in [-0.2, 0) is 27.3 Å². The fourth-order valence-corrected chi connectivity index (χ4v) is 6.07. The van der Waals surface area contributed by atoms with Crippen LogP contribution in [0.4, 0.5) is 0 Å². The number of aromatic hydroxyl groups is 1. The number of nitrogens with one attached hydrogen (secondary N) is 1. The zero-order chi connectivity index (χ0) is 27.4. The molecule has 0 bridgehead atoms. The highest BCUT2D eigenvalue weighted by Crippen LogP contribution is 2.52. The van der Waals surface area contributed by atoms with Gasteiger partial charge in [-0.05, 0) is 62.5 Å². The summed E-state index contributed by atoms with van der Waals surface area (Å²) in [6.07, 6.45) is 1.37. The van der Waals surface area contributed by atoms with Crippen LogP contribution in [0.2, 0.25) is 0 Å². The predicted molar refractivity (Wildman–Crippen MR) is 135 cm³/mol. The highest BCUT2D eigenvalue weighted by atomic mass is 16.3. The fourth-order valence-electron chi connectivity index (χ4n) is 6.07. The van der Waals surface area contributed by atoms with Gasteiger partial charge in [0, 0.05) is 18.0 Å². The first-order valence-corrected chi connectivity index (χ1v) is 12.5. The number of nitrogens with two attached hydrogens (primary N) is 1. The minimum absolute atomic E-state index is 0.0706. The molecule has 3 aliphatic carbocycles. The summed E-state index contributed by atoms with van der Waals surface area (Å²) >= 11 is 0. The Morgan fingerprint density at radius 2 is 1.92 bits per heavy atom. The summed E-state index contributed by atoms with van der Waals surface area (Å²) in [6, 6.07) is 2.13. The van der Waals surface area contributed by atoms with Gasteiger partial charge in [-0.1, -0.05) is 26.3 Å². The summed E-state index contributed by atoms with van der Waals surface area (Å²) in [5.74, 6) is -6.00. The molecule has 1 aromatic carbocycles. The third kappa shape index (κ3) is 4.03. The van der Waals surface area contributed by atoms with Gasteiger partial charge in [0.15, 0.2) is 11.4 Å². The van der Waals surface area contributed by atoms with Crippen molar-refractivity contribution in [3.63, 3.8) is 0 Å². The summed E-state index contributed by atoms with van der Waals surface area (Å²) in [7, 11) is 3.15. The number of nitrogens with zero attached hydrogens (tertiary/aromatic N) is 1. The number of primary amides is 1. The Labute approximate surface area is 215 Å². The highest BCUT2D eigenvalue weighted by Gasteiger charge is 2.64. The number of aliphatic hydroxyl groups excluding tert-OH is 2. The molecule has 10 heteroatoms. The van der Waals surface area contributed by atoms with Gasteiger partial charge in [-0.3, -0.25) is 19.3 Å². The molecule has 0 aromatic heterocycles. The van der Waals surface area contributed by atoms with Crippen LogP contribution < -0.4 is 11.1 Å². The molecular formula is C27H35N3O7.